The van der Waals surface area contributed by atoms with Gasteiger partial charge in [-0.15, -0.1) is 0 Å². The molecule has 1 aromatic rings. The van der Waals surface area contributed by atoms with Crippen molar-refractivity contribution in [2.45, 2.75) is 71.4 Å². The lowest BCUT2D eigenvalue weighted by molar-refractivity contribution is 0.278. The molecule has 4 heteroatoms. The van der Waals surface area contributed by atoms with Gasteiger partial charge in [0, 0.05) is 24.3 Å². The van der Waals surface area contributed by atoms with Crippen LogP contribution in [0.25, 0.3) is 0 Å². The molecule has 1 saturated carbocycles. The van der Waals surface area contributed by atoms with E-state index in [4.69, 9.17) is 0 Å². The Morgan fingerprint density at radius 1 is 1.32 bits per heavy atom. The minimum atomic E-state index is -0.247. The number of aromatic nitrogens is 1. The Morgan fingerprint density at radius 3 is 2.64 bits per heavy atom. The van der Waals surface area contributed by atoms with Crippen LogP contribution < -0.4 is 5.43 Å². The van der Waals surface area contributed by atoms with Crippen LogP contribution in [0.2, 0.25) is 0 Å². The molecular weight excluding hydrogens is 276 g/mol. The summed E-state index contributed by atoms with van der Waals surface area (Å²) in [5, 5.41) is 10.3. The number of unbranched alkanes of at least 4 members (excludes halogenated alkanes) is 1. The van der Waals surface area contributed by atoms with Gasteiger partial charge in [-0.05, 0) is 39.8 Å². The monoisotopic (exact) mass is 306 g/mol. The number of hydrogen-bond donors (Lipinski definition) is 1. The van der Waals surface area contributed by atoms with Crippen molar-refractivity contribution < 1.29 is 5.11 Å². The fourth-order valence-electron chi connectivity index (χ4n) is 3.56. The summed E-state index contributed by atoms with van der Waals surface area (Å²) in [4.78, 5) is 14.2. The van der Waals surface area contributed by atoms with Gasteiger partial charge in [-0.25, -0.2) is 0 Å². The molecular formula is C18H30N2O2. The molecule has 0 aromatic carbocycles. The largest absolute Gasteiger partial charge is 0.503 e. The number of rotatable bonds is 6. The van der Waals surface area contributed by atoms with E-state index in [0.29, 0.717) is 12.6 Å². The van der Waals surface area contributed by atoms with Gasteiger partial charge in [0.2, 0.25) is 5.43 Å². The second-order valence-corrected chi connectivity index (χ2v) is 6.70. The molecule has 4 nitrogen and oxygen atoms in total. The molecule has 1 heterocycles. The van der Waals surface area contributed by atoms with Crippen molar-refractivity contribution in [2.24, 2.45) is 0 Å². The van der Waals surface area contributed by atoms with Crippen molar-refractivity contribution in [1.29, 1.82) is 0 Å². The van der Waals surface area contributed by atoms with E-state index in [2.05, 4.69) is 23.4 Å². The standard InChI is InChI=1S/C18H30N2O2/c1-4-5-11-19(3)13-16-18(22)17(21)12-14(2)20(16)15-9-7-6-8-10-15/h12,15,22H,4-11,13H2,1-3H3. The lowest BCUT2D eigenvalue weighted by atomic mass is 9.94. The SMILES string of the molecule is CCCCN(C)Cc1c(O)c(=O)cc(C)n1C1CCCCC1. The predicted molar refractivity (Wildman–Crippen MR) is 90.5 cm³/mol. The van der Waals surface area contributed by atoms with Gasteiger partial charge >= 0.3 is 0 Å². The van der Waals surface area contributed by atoms with E-state index in [1.165, 1.54) is 19.3 Å². The minimum absolute atomic E-state index is 0.0560. The zero-order valence-corrected chi connectivity index (χ0v) is 14.3. The van der Waals surface area contributed by atoms with Crippen molar-refractivity contribution in [3.8, 4) is 5.75 Å². The third kappa shape index (κ3) is 3.92. The van der Waals surface area contributed by atoms with Crippen molar-refractivity contribution in [1.82, 2.24) is 9.47 Å². The first-order valence-corrected chi connectivity index (χ1v) is 8.67. The molecule has 0 radical (unpaired) electrons. The smallest absolute Gasteiger partial charge is 0.223 e. The van der Waals surface area contributed by atoms with Crippen LogP contribution in [0.3, 0.4) is 0 Å². The highest BCUT2D eigenvalue weighted by molar-refractivity contribution is 5.30. The lowest BCUT2D eigenvalue weighted by Crippen LogP contribution is -2.27. The normalized spacial score (nSPS) is 16.4. The molecule has 1 aliphatic carbocycles. The van der Waals surface area contributed by atoms with Crippen LogP contribution in [-0.2, 0) is 6.54 Å². The average Bonchev–Trinajstić information content (AvgIpc) is 2.51. The Hall–Kier alpha value is -1.29. The van der Waals surface area contributed by atoms with E-state index < -0.39 is 0 Å². The number of hydrogen-bond acceptors (Lipinski definition) is 3. The van der Waals surface area contributed by atoms with E-state index in [1.807, 2.05) is 6.92 Å². The van der Waals surface area contributed by atoms with Crippen molar-refractivity contribution in [2.75, 3.05) is 13.6 Å². The summed E-state index contributed by atoms with van der Waals surface area (Å²) in [7, 11) is 2.06. The summed E-state index contributed by atoms with van der Waals surface area (Å²) >= 11 is 0. The highest BCUT2D eigenvalue weighted by Crippen LogP contribution is 2.32. The summed E-state index contributed by atoms with van der Waals surface area (Å²) in [5.41, 5.74) is 1.53. The minimum Gasteiger partial charge on any atom is -0.503 e. The first kappa shape index (κ1) is 17.1. The number of pyridine rings is 1. The van der Waals surface area contributed by atoms with Crippen molar-refractivity contribution in [3.05, 3.63) is 27.7 Å². The zero-order chi connectivity index (χ0) is 16.1. The van der Waals surface area contributed by atoms with Gasteiger partial charge in [-0.1, -0.05) is 32.6 Å². The molecule has 1 N–H and O–H groups in total. The average molecular weight is 306 g/mol. The van der Waals surface area contributed by atoms with Gasteiger partial charge in [0.25, 0.3) is 0 Å². The molecule has 1 aromatic heterocycles. The van der Waals surface area contributed by atoms with Crippen molar-refractivity contribution in [3.63, 3.8) is 0 Å². The van der Waals surface area contributed by atoms with E-state index in [9.17, 15) is 9.90 Å². The number of nitrogens with zero attached hydrogens (tertiary/aromatic N) is 2. The molecule has 1 fully saturated rings. The van der Waals surface area contributed by atoms with Crippen LogP contribution in [-0.4, -0.2) is 28.2 Å². The van der Waals surface area contributed by atoms with Crippen LogP contribution in [0.4, 0.5) is 0 Å². The summed E-state index contributed by atoms with van der Waals surface area (Å²) in [5.74, 6) is -0.0560. The van der Waals surface area contributed by atoms with Gasteiger partial charge in [-0.3, -0.25) is 4.79 Å². The maximum absolute atomic E-state index is 12.0. The quantitative estimate of drug-likeness (QED) is 0.873. The van der Waals surface area contributed by atoms with Crippen LogP contribution >= 0.6 is 0 Å². The van der Waals surface area contributed by atoms with E-state index in [1.54, 1.807) is 6.07 Å². The molecule has 0 aliphatic heterocycles. The number of aryl methyl sites for hydroxylation is 1. The molecule has 0 spiro atoms. The molecule has 0 bridgehead atoms. The Labute approximate surface area is 133 Å². The second-order valence-electron chi connectivity index (χ2n) is 6.70. The first-order chi connectivity index (χ1) is 10.5. The molecule has 0 saturated heterocycles. The Kier molecular flexibility index (Phi) is 6.07. The summed E-state index contributed by atoms with van der Waals surface area (Å²) in [6.07, 6.45) is 8.36. The molecule has 0 unspecified atom stereocenters. The van der Waals surface area contributed by atoms with Gasteiger partial charge in [0.1, 0.15) is 0 Å². The fraction of sp³-hybridized carbons (Fsp3) is 0.722. The Balaban J connectivity index is 2.33. The molecule has 0 amide bonds. The first-order valence-electron chi connectivity index (χ1n) is 8.67. The van der Waals surface area contributed by atoms with Gasteiger partial charge in [0.15, 0.2) is 5.75 Å². The van der Waals surface area contributed by atoms with Crippen LogP contribution in [0.5, 0.6) is 5.75 Å². The number of aromatic hydroxyl groups is 1. The second kappa shape index (κ2) is 7.82. The third-order valence-corrected chi connectivity index (χ3v) is 4.77. The van der Waals surface area contributed by atoms with Gasteiger partial charge < -0.3 is 14.6 Å². The molecule has 22 heavy (non-hydrogen) atoms. The summed E-state index contributed by atoms with van der Waals surface area (Å²) in [6, 6.07) is 2.01. The summed E-state index contributed by atoms with van der Waals surface area (Å²) in [6.45, 7) is 5.79. The van der Waals surface area contributed by atoms with Gasteiger partial charge in [0.05, 0.1) is 5.69 Å². The van der Waals surface area contributed by atoms with Crippen LogP contribution in [0.1, 0.15) is 69.3 Å². The highest BCUT2D eigenvalue weighted by atomic mass is 16.3. The van der Waals surface area contributed by atoms with E-state index in [0.717, 1.165) is 43.6 Å². The molecule has 2 rings (SSSR count). The third-order valence-electron chi connectivity index (χ3n) is 4.77. The Bertz CT molecular complexity index is 545. The van der Waals surface area contributed by atoms with Crippen LogP contribution in [0, 0.1) is 6.92 Å². The van der Waals surface area contributed by atoms with Crippen molar-refractivity contribution >= 4 is 0 Å². The van der Waals surface area contributed by atoms with Gasteiger partial charge in [-0.2, -0.15) is 0 Å². The zero-order valence-electron chi connectivity index (χ0n) is 14.3. The maximum atomic E-state index is 12.0. The topological polar surface area (TPSA) is 45.5 Å². The molecule has 0 atom stereocenters. The van der Waals surface area contributed by atoms with E-state index in [-0.39, 0.29) is 11.2 Å². The predicted octanol–water partition coefficient (Wildman–Crippen LogP) is 3.60. The molecule has 124 valence electrons. The maximum Gasteiger partial charge on any atom is 0.223 e. The molecule has 1 aliphatic rings. The Morgan fingerprint density at radius 2 is 2.00 bits per heavy atom. The summed E-state index contributed by atoms with van der Waals surface area (Å²) < 4.78 is 2.23. The van der Waals surface area contributed by atoms with E-state index >= 15 is 0 Å². The highest BCUT2D eigenvalue weighted by Gasteiger charge is 2.22. The van der Waals surface area contributed by atoms with Crippen LogP contribution in [0.15, 0.2) is 10.9 Å². The lowest BCUT2D eigenvalue weighted by Gasteiger charge is -2.31. The fourth-order valence-corrected chi connectivity index (χ4v) is 3.56.